The number of fused-ring (bicyclic) bond motifs is 4. The first-order chi connectivity index (χ1) is 12.0. The van der Waals surface area contributed by atoms with Gasteiger partial charge in [-0.05, 0) is 55.2 Å². The Labute approximate surface area is 147 Å². The molecule has 1 aromatic carbocycles. The van der Waals surface area contributed by atoms with E-state index in [0.29, 0.717) is 6.54 Å². The van der Waals surface area contributed by atoms with Gasteiger partial charge in [0.25, 0.3) is 5.56 Å². The topological polar surface area (TPSA) is 60.9 Å². The van der Waals surface area contributed by atoms with Crippen LogP contribution in [0.4, 0.5) is 5.69 Å². The van der Waals surface area contributed by atoms with E-state index in [2.05, 4.69) is 19.9 Å². The number of nitrogens with zero attached hydrogens (tertiary/aromatic N) is 2. The summed E-state index contributed by atoms with van der Waals surface area (Å²) in [7, 11) is 0. The Bertz CT molecular complexity index is 1060. The van der Waals surface area contributed by atoms with Crippen molar-refractivity contribution in [1.82, 2.24) is 9.55 Å². The first-order valence-electron chi connectivity index (χ1n) is 8.99. The maximum atomic E-state index is 12.9. The third kappa shape index (κ3) is 2.28. The van der Waals surface area contributed by atoms with Crippen LogP contribution in [0.3, 0.4) is 0 Å². The maximum Gasteiger partial charge on any atom is 0.254 e. The Morgan fingerprint density at radius 1 is 1.24 bits per heavy atom. The van der Waals surface area contributed by atoms with Gasteiger partial charge in [0.1, 0.15) is 0 Å². The highest BCUT2D eigenvalue weighted by Gasteiger charge is 2.26. The van der Waals surface area contributed by atoms with E-state index in [1.165, 1.54) is 11.1 Å². The molecule has 128 valence electrons. The van der Waals surface area contributed by atoms with Crippen LogP contribution in [0.1, 0.15) is 42.5 Å². The summed E-state index contributed by atoms with van der Waals surface area (Å²) >= 11 is 0. The Kier molecular flexibility index (Phi) is 3.64. The molecular formula is C21H23N3O. The number of hydrogen-bond donors (Lipinski definition) is 1. The van der Waals surface area contributed by atoms with Crippen molar-refractivity contribution in [2.75, 3.05) is 5.73 Å². The SMILES string of the molecule is CCCc1cc2n(c(=O)c1C)Cc1c-2nc2ccc(N)cc2c1CC. The molecule has 0 spiro atoms. The summed E-state index contributed by atoms with van der Waals surface area (Å²) in [5.74, 6) is 0. The van der Waals surface area contributed by atoms with Crippen molar-refractivity contribution in [2.45, 2.75) is 46.6 Å². The summed E-state index contributed by atoms with van der Waals surface area (Å²) in [6.45, 7) is 6.84. The molecule has 2 N–H and O–H groups in total. The minimum Gasteiger partial charge on any atom is -0.399 e. The van der Waals surface area contributed by atoms with Crippen LogP contribution in [-0.4, -0.2) is 9.55 Å². The normalized spacial score (nSPS) is 12.4. The molecule has 4 heteroatoms. The number of aryl methyl sites for hydroxylation is 2. The predicted molar refractivity (Wildman–Crippen MR) is 103 cm³/mol. The quantitative estimate of drug-likeness (QED) is 0.580. The van der Waals surface area contributed by atoms with E-state index in [9.17, 15) is 4.79 Å². The number of nitrogen functional groups attached to an aromatic ring is 1. The van der Waals surface area contributed by atoms with Crippen LogP contribution < -0.4 is 11.3 Å². The minimum absolute atomic E-state index is 0.115. The van der Waals surface area contributed by atoms with Gasteiger partial charge in [-0.3, -0.25) is 4.79 Å². The molecule has 0 amide bonds. The third-order valence-corrected chi connectivity index (χ3v) is 5.31. The van der Waals surface area contributed by atoms with Crippen molar-refractivity contribution in [3.63, 3.8) is 0 Å². The molecular weight excluding hydrogens is 310 g/mol. The first-order valence-corrected chi connectivity index (χ1v) is 8.99. The average Bonchev–Trinajstić information content (AvgIpc) is 2.96. The van der Waals surface area contributed by atoms with Gasteiger partial charge < -0.3 is 10.3 Å². The third-order valence-electron chi connectivity index (χ3n) is 5.31. The Morgan fingerprint density at radius 3 is 2.76 bits per heavy atom. The fraction of sp³-hybridized carbons (Fsp3) is 0.333. The average molecular weight is 333 g/mol. The number of anilines is 1. The van der Waals surface area contributed by atoms with Crippen molar-refractivity contribution in [3.8, 4) is 11.4 Å². The lowest BCUT2D eigenvalue weighted by Gasteiger charge is -2.11. The zero-order valence-electron chi connectivity index (χ0n) is 15.0. The Hall–Kier alpha value is -2.62. The molecule has 0 saturated heterocycles. The fourth-order valence-corrected chi connectivity index (χ4v) is 4.01. The zero-order valence-corrected chi connectivity index (χ0v) is 15.0. The molecule has 4 nitrogen and oxygen atoms in total. The zero-order chi connectivity index (χ0) is 17.7. The minimum atomic E-state index is 0.115. The largest absolute Gasteiger partial charge is 0.399 e. The smallest absolute Gasteiger partial charge is 0.254 e. The molecule has 0 radical (unpaired) electrons. The molecule has 25 heavy (non-hydrogen) atoms. The van der Waals surface area contributed by atoms with E-state index >= 15 is 0 Å². The van der Waals surface area contributed by atoms with Crippen LogP contribution in [0.2, 0.25) is 0 Å². The molecule has 4 rings (SSSR count). The highest BCUT2D eigenvalue weighted by molar-refractivity contribution is 5.90. The highest BCUT2D eigenvalue weighted by atomic mass is 16.1. The molecule has 0 bridgehead atoms. The molecule has 3 aromatic rings. The lowest BCUT2D eigenvalue weighted by Crippen LogP contribution is -2.23. The number of hydrogen-bond acceptors (Lipinski definition) is 3. The van der Waals surface area contributed by atoms with Crippen LogP contribution in [0.15, 0.2) is 29.1 Å². The van der Waals surface area contributed by atoms with Crippen molar-refractivity contribution in [3.05, 3.63) is 56.9 Å². The number of rotatable bonds is 3. The van der Waals surface area contributed by atoms with Crippen LogP contribution in [0.5, 0.6) is 0 Å². The van der Waals surface area contributed by atoms with Gasteiger partial charge in [0.15, 0.2) is 0 Å². The van der Waals surface area contributed by atoms with Gasteiger partial charge in [-0.1, -0.05) is 20.3 Å². The number of nitrogens with two attached hydrogens (primary N) is 1. The van der Waals surface area contributed by atoms with Crippen molar-refractivity contribution in [2.24, 2.45) is 0 Å². The van der Waals surface area contributed by atoms with Crippen molar-refractivity contribution >= 4 is 16.6 Å². The van der Waals surface area contributed by atoms with Gasteiger partial charge in [-0.15, -0.1) is 0 Å². The van der Waals surface area contributed by atoms with Crippen LogP contribution in [0, 0.1) is 6.92 Å². The lowest BCUT2D eigenvalue weighted by molar-refractivity contribution is 0.777. The van der Waals surface area contributed by atoms with Crippen LogP contribution >= 0.6 is 0 Å². The molecule has 2 aromatic heterocycles. The molecule has 0 atom stereocenters. The molecule has 0 aliphatic carbocycles. The van der Waals surface area contributed by atoms with Gasteiger partial charge in [0.05, 0.1) is 23.4 Å². The number of pyridine rings is 2. The lowest BCUT2D eigenvalue weighted by atomic mass is 9.98. The predicted octanol–water partition coefficient (Wildman–Crippen LogP) is 3.83. The summed E-state index contributed by atoms with van der Waals surface area (Å²) in [4.78, 5) is 17.8. The maximum absolute atomic E-state index is 12.9. The van der Waals surface area contributed by atoms with E-state index in [1.54, 1.807) is 0 Å². The van der Waals surface area contributed by atoms with Gasteiger partial charge in [0.2, 0.25) is 0 Å². The Morgan fingerprint density at radius 2 is 2.04 bits per heavy atom. The number of benzene rings is 1. The molecule has 3 heterocycles. The summed E-state index contributed by atoms with van der Waals surface area (Å²) < 4.78 is 1.88. The van der Waals surface area contributed by atoms with Crippen LogP contribution in [0.25, 0.3) is 22.3 Å². The monoisotopic (exact) mass is 333 g/mol. The Balaban J connectivity index is 2.05. The highest BCUT2D eigenvalue weighted by Crippen LogP contribution is 2.36. The molecule has 1 aliphatic rings. The second-order valence-electron chi connectivity index (χ2n) is 6.87. The van der Waals surface area contributed by atoms with Crippen molar-refractivity contribution < 1.29 is 0 Å². The van der Waals surface area contributed by atoms with E-state index in [1.807, 2.05) is 29.7 Å². The molecule has 1 aliphatic heterocycles. The van der Waals surface area contributed by atoms with Gasteiger partial charge in [-0.2, -0.15) is 0 Å². The molecule has 0 saturated carbocycles. The van der Waals surface area contributed by atoms with E-state index in [-0.39, 0.29) is 5.56 Å². The number of aromatic nitrogens is 2. The van der Waals surface area contributed by atoms with Crippen LogP contribution in [-0.2, 0) is 19.4 Å². The van der Waals surface area contributed by atoms with Gasteiger partial charge in [-0.25, -0.2) is 4.98 Å². The summed E-state index contributed by atoms with van der Waals surface area (Å²) in [5.41, 5.74) is 14.2. The second-order valence-corrected chi connectivity index (χ2v) is 6.87. The van der Waals surface area contributed by atoms with E-state index < -0.39 is 0 Å². The standard InChI is InChI=1S/C21H23N3O/c1-4-6-13-9-19-20-17(11-24(19)21(25)12(13)3)15(5-2)16-10-14(22)7-8-18(16)23-20/h7-10H,4-6,11,22H2,1-3H3. The fourth-order valence-electron chi connectivity index (χ4n) is 4.01. The summed E-state index contributed by atoms with van der Waals surface area (Å²) in [5, 5.41) is 1.10. The van der Waals surface area contributed by atoms with E-state index in [4.69, 9.17) is 10.7 Å². The molecule has 0 fully saturated rings. The van der Waals surface area contributed by atoms with Gasteiger partial charge >= 0.3 is 0 Å². The van der Waals surface area contributed by atoms with Crippen molar-refractivity contribution in [1.29, 1.82) is 0 Å². The first kappa shape index (κ1) is 15.9. The van der Waals surface area contributed by atoms with E-state index in [0.717, 1.165) is 58.4 Å². The second kappa shape index (κ2) is 5.73. The summed E-state index contributed by atoms with van der Waals surface area (Å²) in [6.07, 6.45) is 2.85. The molecule has 0 unspecified atom stereocenters. The summed E-state index contributed by atoms with van der Waals surface area (Å²) in [6, 6.07) is 8.04. The van der Waals surface area contributed by atoms with Gasteiger partial charge in [0, 0.05) is 22.2 Å².